The van der Waals surface area contributed by atoms with Gasteiger partial charge in [0.2, 0.25) is 0 Å². The summed E-state index contributed by atoms with van der Waals surface area (Å²) in [4.78, 5) is 19.4. The van der Waals surface area contributed by atoms with Gasteiger partial charge in [0.1, 0.15) is 0 Å². The molecule has 0 amide bonds. The first-order chi connectivity index (χ1) is 7.40. The molecule has 16 heavy (non-hydrogen) atoms. The number of aliphatic imine (C=N–C) groups is 1. The van der Waals surface area contributed by atoms with Gasteiger partial charge in [0.25, 0.3) is 0 Å². The molecule has 0 rings (SSSR count). The molecule has 0 aromatic rings. The molecule has 5 nitrogen and oxygen atoms in total. The summed E-state index contributed by atoms with van der Waals surface area (Å²) < 4.78 is 4.95. The van der Waals surface area contributed by atoms with Crippen LogP contribution in [0.1, 0.15) is 13.8 Å². The van der Waals surface area contributed by atoms with E-state index in [1.54, 1.807) is 18.2 Å². The van der Waals surface area contributed by atoms with Crippen molar-refractivity contribution in [3.63, 3.8) is 0 Å². The van der Waals surface area contributed by atoms with Crippen molar-refractivity contribution in [2.45, 2.75) is 13.8 Å². The van der Waals surface area contributed by atoms with Crippen molar-refractivity contribution in [2.75, 3.05) is 34.8 Å². The molecule has 0 aliphatic rings. The molecule has 0 atom stereocenters. The molecular formula is C11H21N3O2. The van der Waals surface area contributed by atoms with Crippen LogP contribution in [0.3, 0.4) is 0 Å². The van der Waals surface area contributed by atoms with Crippen LogP contribution in [-0.2, 0) is 9.53 Å². The minimum atomic E-state index is -0.396. The number of esters is 1. The zero-order valence-corrected chi connectivity index (χ0v) is 10.9. The van der Waals surface area contributed by atoms with Crippen LogP contribution in [0.4, 0.5) is 0 Å². The van der Waals surface area contributed by atoms with Crippen LogP contribution < -0.4 is 0 Å². The predicted octanol–water partition coefficient (Wildman–Crippen LogP) is 0.932. The maximum Gasteiger partial charge on any atom is 0.358 e. The maximum atomic E-state index is 11.7. The standard InChI is InChI=1S/C11H21N3O2/c1-7-16-11(15)10(9(2)14(5)6)12-8-13(3)4/h8H,7H2,1-6H3. The topological polar surface area (TPSA) is 45.1 Å². The van der Waals surface area contributed by atoms with Gasteiger partial charge in [-0.25, -0.2) is 9.79 Å². The Morgan fingerprint density at radius 3 is 2.25 bits per heavy atom. The molecule has 0 aromatic heterocycles. The molecular weight excluding hydrogens is 206 g/mol. The smallest absolute Gasteiger partial charge is 0.358 e. The third-order valence-electron chi connectivity index (χ3n) is 1.90. The van der Waals surface area contributed by atoms with Crippen molar-refractivity contribution in [3.05, 3.63) is 11.4 Å². The molecule has 0 saturated heterocycles. The molecule has 0 heterocycles. The molecule has 0 N–H and O–H groups in total. The fourth-order valence-electron chi connectivity index (χ4n) is 0.878. The Hall–Kier alpha value is -1.52. The summed E-state index contributed by atoms with van der Waals surface area (Å²) in [6.45, 7) is 3.95. The van der Waals surface area contributed by atoms with Crippen LogP contribution in [0.15, 0.2) is 16.4 Å². The SMILES string of the molecule is CCOC(=O)C(N=CN(C)C)=C(C)N(C)C. The van der Waals surface area contributed by atoms with Crippen molar-refractivity contribution in [2.24, 2.45) is 4.99 Å². The summed E-state index contributed by atoms with van der Waals surface area (Å²) in [6, 6.07) is 0. The Morgan fingerprint density at radius 1 is 1.31 bits per heavy atom. The van der Waals surface area contributed by atoms with Crippen molar-refractivity contribution in [3.8, 4) is 0 Å². The van der Waals surface area contributed by atoms with Crippen LogP contribution >= 0.6 is 0 Å². The van der Waals surface area contributed by atoms with E-state index in [0.29, 0.717) is 12.3 Å². The number of nitrogens with zero attached hydrogens (tertiary/aromatic N) is 3. The van der Waals surface area contributed by atoms with Gasteiger partial charge in [-0.3, -0.25) is 0 Å². The quantitative estimate of drug-likeness (QED) is 0.303. The first kappa shape index (κ1) is 14.5. The molecule has 0 aliphatic heterocycles. The van der Waals surface area contributed by atoms with E-state index in [9.17, 15) is 4.79 Å². The van der Waals surface area contributed by atoms with Crippen molar-refractivity contribution >= 4 is 12.3 Å². The summed E-state index contributed by atoms with van der Waals surface area (Å²) in [5.41, 5.74) is 1.11. The van der Waals surface area contributed by atoms with Crippen molar-refractivity contribution < 1.29 is 9.53 Å². The van der Waals surface area contributed by atoms with E-state index in [1.165, 1.54) is 0 Å². The van der Waals surface area contributed by atoms with E-state index in [2.05, 4.69) is 4.99 Å². The largest absolute Gasteiger partial charge is 0.461 e. The highest BCUT2D eigenvalue weighted by Gasteiger charge is 2.14. The fourth-order valence-corrected chi connectivity index (χ4v) is 0.878. The van der Waals surface area contributed by atoms with Gasteiger partial charge in [-0.1, -0.05) is 0 Å². The lowest BCUT2D eigenvalue weighted by molar-refractivity contribution is -0.138. The third-order valence-corrected chi connectivity index (χ3v) is 1.90. The van der Waals surface area contributed by atoms with Gasteiger partial charge in [0.15, 0.2) is 5.70 Å². The number of rotatable bonds is 5. The number of hydrogen-bond donors (Lipinski definition) is 0. The van der Waals surface area contributed by atoms with Crippen molar-refractivity contribution in [1.82, 2.24) is 9.80 Å². The van der Waals surface area contributed by atoms with E-state index in [1.807, 2.05) is 40.0 Å². The molecule has 5 heteroatoms. The predicted molar refractivity (Wildman–Crippen MR) is 65.2 cm³/mol. The molecule has 0 spiro atoms. The minimum absolute atomic E-state index is 0.334. The Morgan fingerprint density at radius 2 is 1.88 bits per heavy atom. The highest BCUT2D eigenvalue weighted by atomic mass is 16.5. The second-order valence-corrected chi connectivity index (χ2v) is 3.76. The number of carbonyl (C=O) groups is 1. The van der Waals surface area contributed by atoms with E-state index in [0.717, 1.165) is 5.70 Å². The lowest BCUT2D eigenvalue weighted by Gasteiger charge is -2.15. The van der Waals surface area contributed by atoms with Gasteiger partial charge in [0.05, 0.1) is 12.9 Å². The molecule has 0 radical (unpaired) electrons. The Labute approximate surface area is 97.4 Å². The van der Waals surface area contributed by atoms with Gasteiger partial charge in [-0.15, -0.1) is 0 Å². The van der Waals surface area contributed by atoms with E-state index in [4.69, 9.17) is 4.74 Å². The zero-order chi connectivity index (χ0) is 12.7. The fraction of sp³-hybridized carbons (Fsp3) is 0.636. The average molecular weight is 227 g/mol. The second-order valence-electron chi connectivity index (χ2n) is 3.76. The van der Waals surface area contributed by atoms with Crippen LogP contribution in [0.2, 0.25) is 0 Å². The summed E-state index contributed by atoms with van der Waals surface area (Å²) in [6.07, 6.45) is 1.58. The summed E-state index contributed by atoms with van der Waals surface area (Å²) in [5.74, 6) is -0.396. The van der Waals surface area contributed by atoms with Gasteiger partial charge in [-0.05, 0) is 13.8 Å². The Kier molecular flexibility index (Phi) is 6.22. The molecule has 0 bridgehead atoms. The first-order valence-electron chi connectivity index (χ1n) is 5.16. The molecule has 0 aliphatic carbocycles. The lowest BCUT2D eigenvalue weighted by Crippen LogP contribution is -2.18. The van der Waals surface area contributed by atoms with Crippen LogP contribution in [0.25, 0.3) is 0 Å². The Balaban J connectivity index is 5.06. The monoisotopic (exact) mass is 227 g/mol. The van der Waals surface area contributed by atoms with Crippen LogP contribution in [-0.4, -0.2) is 56.9 Å². The second kappa shape index (κ2) is 6.87. The van der Waals surface area contributed by atoms with Crippen LogP contribution in [0, 0.1) is 0 Å². The Bertz CT molecular complexity index is 294. The first-order valence-corrected chi connectivity index (χ1v) is 5.16. The average Bonchev–Trinajstić information content (AvgIpc) is 2.17. The molecule has 0 fully saturated rings. The van der Waals surface area contributed by atoms with E-state index in [-0.39, 0.29) is 0 Å². The van der Waals surface area contributed by atoms with Crippen LogP contribution in [0.5, 0.6) is 0 Å². The molecule has 0 saturated carbocycles. The molecule has 92 valence electrons. The lowest BCUT2D eigenvalue weighted by atomic mass is 10.3. The number of hydrogen-bond acceptors (Lipinski definition) is 4. The minimum Gasteiger partial charge on any atom is -0.461 e. The maximum absolute atomic E-state index is 11.7. The summed E-state index contributed by atoms with van der Waals surface area (Å²) in [7, 11) is 7.41. The summed E-state index contributed by atoms with van der Waals surface area (Å²) in [5, 5.41) is 0. The molecule has 0 unspecified atom stereocenters. The third kappa shape index (κ3) is 4.82. The number of ether oxygens (including phenoxy) is 1. The highest BCUT2D eigenvalue weighted by Crippen LogP contribution is 2.10. The van der Waals surface area contributed by atoms with Gasteiger partial charge in [0, 0.05) is 33.9 Å². The van der Waals surface area contributed by atoms with Crippen molar-refractivity contribution in [1.29, 1.82) is 0 Å². The van der Waals surface area contributed by atoms with E-state index < -0.39 is 5.97 Å². The number of carbonyl (C=O) groups excluding carboxylic acids is 1. The number of allylic oxidation sites excluding steroid dienone is 1. The van der Waals surface area contributed by atoms with Gasteiger partial charge in [-0.2, -0.15) is 0 Å². The zero-order valence-electron chi connectivity index (χ0n) is 10.9. The highest BCUT2D eigenvalue weighted by molar-refractivity contribution is 5.90. The molecule has 0 aromatic carbocycles. The van der Waals surface area contributed by atoms with Gasteiger partial charge < -0.3 is 14.5 Å². The normalized spacial score (nSPS) is 12.4. The van der Waals surface area contributed by atoms with E-state index >= 15 is 0 Å². The van der Waals surface area contributed by atoms with Gasteiger partial charge >= 0.3 is 5.97 Å². The summed E-state index contributed by atoms with van der Waals surface area (Å²) >= 11 is 0.